The number of nitrogens with two attached hydrogens (primary N) is 1. The number of rotatable bonds is 3. The molecule has 106 valence electrons. The quantitative estimate of drug-likeness (QED) is 0.760. The summed E-state index contributed by atoms with van der Waals surface area (Å²) in [6.07, 6.45) is 3.45. The highest BCUT2D eigenvalue weighted by atomic mass is 79.9. The smallest absolute Gasteiger partial charge is 0.272 e. The maximum Gasteiger partial charge on any atom is 0.272 e. The molecular weight excluding hydrogens is 334 g/mol. The monoisotopic (exact) mass is 345 g/mol. The van der Waals surface area contributed by atoms with Gasteiger partial charge in [0.15, 0.2) is 10.4 Å². The minimum Gasteiger partial charge on any atom is -0.399 e. The molecule has 0 bridgehead atoms. The van der Waals surface area contributed by atoms with Crippen LogP contribution in [0.3, 0.4) is 0 Å². The summed E-state index contributed by atoms with van der Waals surface area (Å²) in [6.45, 7) is 0.299. The number of imidazole rings is 1. The Kier molecular flexibility index (Phi) is 3.57. The molecule has 3 aromatic heterocycles. The third-order valence-electron chi connectivity index (χ3n) is 2.99. The maximum absolute atomic E-state index is 12.3. The van der Waals surface area contributed by atoms with Crippen LogP contribution >= 0.6 is 15.9 Å². The Morgan fingerprint density at radius 2 is 2.24 bits per heavy atom. The molecule has 0 fully saturated rings. The van der Waals surface area contributed by atoms with Crippen molar-refractivity contribution in [2.45, 2.75) is 6.54 Å². The SMILES string of the molecule is Nc1ccnc(CNC(=O)c2nc(Br)n3ccccc23)c1. The van der Waals surface area contributed by atoms with Crippen LogP contribution in [0.1, 0.15) is 16.2 Å². The van der Waals surface area contributed by atoms with Crippen LogP contribution < -0.4 is 11.1 Å². The van der Waals surface area contributed by atoms with Gasteiger partial charge in [0.1, 0.15) is 0 Å². The van der Waals surface area contributed by atoms with Crippen molar-refractivity contribution in [2.24, 2.45) is 0 Å². The van der Waals surface area contributed by atoms with Crippen molar-refractivity contribution in [1.82, 2.24) is 19.7 Å². The lowest BCUT2D eigenvalue weighted by Gasteiger charge is -2.04. The van der Waals surface area contributed by atoms with Crippen molar-refractivity contribution in [2.75, 3.05) is 5.73 Å². The number of amides is 1. The number of nitrogen functional groups attached to an aromatic ring is 1. The Balaban J connectivity index is 1.81. The molecule has 0 saturated heterocycles. The third kappa shape index (κ3) is 2.73. The molecule has 0 aliphatic carbocycles. The van der Waals surface area contributed by atoms with Gasteiger partial charge in [0, 0.05) is 18.1 Å². The van der Waals surface area contributed by atoms with E-state index in [9.17, 15) is 4.79 Å². The van der Waals surface area contributed by atoms with Crippen LogP contribution in [0.25, 0.3) is 5.52 Å². The van der Waals surface area contributed by atoms with Gasteiger partial charge >= 0.3 is 0 Å². The van der Waals surface area contributed by atoms with E-state index in [0.717, 1.165) is 5.52 Å². The summed E-state index contributed by atoms with van der Waals surface area (Å²) in [7, 11) is 0. The summed E-state index contributed by atoms with van der Waals surface area (Å²) < 4.78 is 2.39. The van der Waals surface area contributed by atoms with Gasteiger partial charge in [-0.2, -0.15) is 0 Å². The van der Waals surface area contributed by atoms with Gasteiger partial charge < -0.3 is 11.1 Å². The molecule has 0 saturated carbocycles. The average molecular weight is 346 g/mol. The minimum atomic E-state index is -0.256. The molecule has 0 aromatic carbocycles. The second kappa shape index (κ2) is 5.53. The Morgan fingerprint density at radius 3 is 3.05 bits per heavy atom. The highest BCUT2D eigenvalue weighted by Crippen LogP contribution is 2.17. The molecule has 3 rings (SSSR count). The van der Waals surface area contributed by atoms with Crippen molar-refractivity contribution >= 4 is 33.0 Å². The fourth-order valence-electron chi connectivity index (χ4n) is 2.02. The summed E-state index contributed by atoms with van der Waals surface area (Å²) in [4.78, 5) is 20.6. The first-order valence-electron chi connectivity index (χ1n) is 6.26. The largest absolute Gasteiger partial charge is 0.399 e. The van der Waals surface area contributed by atoms with Crippen LogP contribution in [0, 0.1) is 0 Å². The second-order valence-electron chi connectivity index (χ2n) is 4.45. The zero-order chi connectivity index (χ0) is 14.8. The van der Waals surface area contributed by atoms with Gasteiger partial charge in [-0.1, -0.05) is 6.07 Å². The molecule has 0 unspecified atom stereocenters. The van der Waals surface area contributed by atoms with Crippen LogP contribution in [-0.4, -0.2) is 20.3 Å². The van der Waals surface area contributed by atoms with Crippen LogP contribution in [0.4, 0.5) is 5.69 Å². The third-order valence-corrected chi connectivity index (χ3v) is 3.55. The molecule has 1 amide bonds. The number of hydrogen-bond donors (Lipinski definition) is 2. The van der Waals surface area contributed by atoms with Gasteiger partial charge in [0.25, 0.3) is 5.91 Å². The number of fused-ring (bicyclic) bond motifs is 1. The van der Waals surface area contributed by atoms with Crippen molar-refractivity contribution in [3.8, 4) is 0 Å². The molecule has 0 aliphatic heterocycles. The number of nitrogens with zero attached hydrogens (tertiary/aromatic N) is 3. The lowest BCUT2D eigenvalue weighted by Crippen LogP contribution is -2.24. The number of aromatic nitrogens is 3. The number of nitrogens with one attached hydrogen (secondary N) is 1. The topological polar surface area (TPSA) is 85.3 Å². The van der Waals surface area contributed by atoms with E-state index >= 15 is 0 Å². The van der Waals surface area contributed by atoms with E-state index in [2.05, 4.69) is 31.2 Å². The van der Waals surface area contributed by atoms with Gasteiger partial charge in [-0.25, -0.2) is 4.98 Å². The minimum absolute atomic E-state index is 0.256. The van der Waals surface area contributed by atoms with E-state index < -0.39 is 0 Å². The first-order chi connectivity index (χ1) is 10.1. The summed E-state index contributed by atoms with van der Waals surface area (Å²) in [5, 5.41) is 2.79. The molecule has 21 heavy (non-hydrogen) atoms. The Hall–Kier alpha value is -2.41. The van der Waals surface area contributed by atoms with E-state index in [0.29, 0.717) is 28.4 Å². The van der Waals surface area contributed by atoms with E-state index in [4.69, 9.17) is 5.73 Å². The number of anilines is 1. The van der Waals surface area contributed by atoms with E-state index in [1.54, 1.807) is 22.7 Å². The molecule has 0 radical (unpaired) electrons. The summed E-state index contributed by atoms with van der Waals surface area (Å²) in [5.74, 6) is -0.256. The molecule has 0 spiro atoms. The van der Waals surface area contributed by atoms with E-state index in [-0.39, 0.29) is 5.91 Å². The van der Waals surface area contributed by atoms with E-state index in [1.807, 2.05) is 24.4 Å². The molecule has 7 heteroatoms. The standard InChI is InChI=1S/C14H12BrN5O/c15-14-19-12(11-3-1-2-6-20(11)14)13(21)18-8-10-7-9(16)4-5-17-10/h1-7H,8H2,(H2,16,17)(H,18,21). The van der Waals surface area contributed by atoms with Gasteiger partial charge in [0.2, 0.25) is 0 Å². The zero-order valence-corrected chi connectivity index (χ0v) is 12.5. The Labute approximate surface area is 129 Å². The molecule has 3 aromatic rings. The number of pyridine rings is 2. The van der Waals surface area contributed by atoms with Crippen molar-refractivity contribution in [3.63, 3.8) is 0 Å². The molecule has 6 nitrogen and oxygen atoms in total. The Bertz CT molecular complexity index is 814. The fraction of sp³-hybridized carbons (Fsp3) is 0.0714. The lowest BCUT2D eigenvalue weighted by molar-refractivity contribution is 0.0947. The number of carbonyl (C=O) groups is 1. The number of hydrogen-bond acceptors (Lipinski definition) is 4. The number of carbonyl (C=O) groups excluding carboxylic acids is 1. The molecule has 3 heterocycles. The highest BCUT2D eigenvalue weighted by Gasteiger charge is 2.15. The van der Waals surface area contributed by atoms with Crippen molar-refractivity contribution in [1.29, 1.82) is 0 Å². The summed E-state index contributed by atoms with van der Waals surface area (Å²) in [5.41, 5.74) is 8.10. The van der Waals surface area contributed by atoms with Gasteiger partial charge in [-0.05, 0) is 40.2 Å². The predicted molar refractivity (Wildman–Crippen MR) is 82.7 cm³/mol. The van der Waals surface area contributed by atoms with Crippen LogP contribution in [0.2, 0.25) is 0 Å². The second-order valence-corrected chi connectivity index (χ2v) is 5.16. The van der Waals surface area contributed by atoms with Crippen LogP contribution in [0.15, 0.2) is 47.5 Å². The molecule has 0 atom stereocenters. The summed E-state index contributed by atoms with van der Waals surface area (Å²) in [6, 6.07) is 9.00. The van der Waals surface area contributed by atoms with Crippen molar-refractivity contribution in [3.05, 3.63) is 58.8 Å². The summed E-state index contributed by atoms with van der Waals surface area (Å²) >= 11 is 3.33. The average Bonchev–Trinajstić information content (AvgIpc) is 2.83. The molecule has 3 N–H and O–H groups in total. The van der Waals surface area contributed by atoms with Crippen LogP contribution in [0.5, 0.6) is 0 Å². The van der Waals surface area contributed by atoms with Crippen LogP contribution in [-0.2, 0) is 6.54 Å². The highest BCUT2D eigenvalue weighted by molar-refractivity contribution is 9.10. The van der Waals surface area contributed by atoms with Crippen molar-refractivity contribution < 1.29 is 4.79 Å². The Morgan fingerprint density at radius 1 is 1.38 bits per heavy atom. The van der Waals surface area contributed by atoms with Gasteiger partial charge in [-0.15, -0.1) is 0 Å². The first kappa shape index (κ1) is 13.6. The van der Waals surface area contributed by atoms with Gasteiger partial charge in [-0.3, -0.25) is 14.2 Å². The number of halogens is 1. The lowest BCUT2D eigenvalue weighted by atomic mass is 10.3. The van der Waals surface area contributed by atoms with Gasteiger partial charge in [0.05, 0.1) is 17.8 Å². The zero-order valence-electron chi connectivity index (χ0n) is 11.0. The normalized spacial score (nSPS) is 10.7. The fourth-order valence-corrected chi connectivity index (χ4v) is 2.50. The first-order valence-corrected chi connectivity index (χ1v) is 7.05. The molecular formula is C14H12BrN5O. The molecule has 0 aliphatic rings. The maximum atomic E-state index is 12.3. The van der Waals surface area contributed by atoms with E-state index in [1.165, 1.54) is 0 Å². The predicted octanol–water partition coefficient (Wildman–Crippen LogP) is 2.00.